The van der Waals surface area contributed by atoms with Crippen LogP contribution in [0.15, 0.2) is 18.6 Å². The maximum Gasteiger partial charge on any atom is 0.168 e. The molecule has 2 aromatic heterocycles. The zero-order chi connectivity index (χ0) is 12.4. The molecule has 0 amide bonds. The first-order valence-electron chi connectivity index (χ1n) is 5.36. The van der Waals surface area contributed by atoms with Gasteiger partial charge < -0.3 is 10.3 Å². The van der Waals surface area contributed by atoms with E-state index in [1.807, 2.05) is 17.8 Å². The quantitative estimate of drug-likeness (QED) is 0.782. The van der Waals surface area contributed by atoms with E-state index in [9.17, 15) is 4.79 Å². The number of carbonyl (C=O) groups excluding carboxylic acids is 1. The Balaban J connectivity index is 2.03. The molecule has 2 heterocycles. The molecule has 6 heteroatoms. The molecule has 6 nitrogen and oxygen atoms in total. The fourth-order valence-corrected chi connectivity index (χ4v) is 1.66. The van der Waals surface area contributed by atoms with Gasteiger partial charge in [-0.25, -0.2) is 4.98 Å². The van der Waals surface area contributed by atoms with Crippen molar-refractivity contribution in [2.75, 3.05) is 5.73 Å². The number of nitrogen functional groups attached to an aromatic ring is 1. The maximum atomic E-state index is 11.9. The van der Waals surface area contributed by atoms with Crippen LogP contribution in [0.1, 0.15) is 22.6 Å². The molecule has 2 aromatic rings. The molecular formula is C11H15N5O. The first-order valence-corrected chi connectivity index (χ1v) is 5.36. The Bertz CT molecular complexity index is 540. The van der Waals surface area contributed by atoms with Gasteiger partial charge in [-0.1, -0.05) is 0 Å². The minimum Gasteiger partial charge on any atom is -0.383 e. The zero-order valence-electron chi connectivity index (χ0n) is 9.92. The molecule has 0 saturated heterocycles. The van der Waals surface area contributed by atoms with Gasteiger partial charge in [0.2, 0.25) is 0 Å². The highest BCUT2D eigenvalue weighted by Crippen LogP contribution is 2.13. The van der Waals surface area contributed by atoms with E-state index in [2.05, 4.69) is 10.1 Å². The van der Waals surface area contributed by atoms with Crippen LogP contribution >= 0.6 is 0 Å². The van der Waals surface area contributed by atoms with Crippen LogP contribution in [0.2, 0.25) is 0 Å². The lowest BCUT2D eigenvalue weighted by Gasteiger charge is -2.01. The van der Waals surface area contributed by atoms with Gasteiger partial charge in [0.25, 0.3) is 0 Å². The summed E-state index contributed by atoms with van der Waals surface area (Å²) in [7, 11) is 3.62. The average Bonchev–Trinajstić information content (AvgIpc) is 2.84. The summed E-state index contributed by atoms with van der Waals surface area (Å²) in [5, 5.41) is 3.95. The Labute approximate surface area is 99.1 Å². The summed E-state index contributed by atoms with van der Waals surface area (Å²) in [6, 6.07) is 0. The van der Waals surface area contributed by atoms with E-state index >= 15 is 0 Å². The molecule has 17 heavy (non-hydrogen) atoms. The van der Waals surface area contributed by atoms with Crippen LogP contribution in [0, 0.1) is 0 Å². The van der Waals surface area contributed by atoms with Crippen LogP contribution in [-0.4, -0.2) is 25.1 Å². The third-order valence-corrected chi connectivity index (χ3v) is 2.78. The van der Waals surface area contributed by atoms with Gasteiger partial charge in [-0.3, -0.25) is 9.48 Å². The van der Waals surface area contributed by atoms with Crippen LogP contribution in [0.25, 0.3) is 0 Å². The lowest BCUT2D eigenvalue weighted by Crippen LogP contribution is -2.07. The summed E-state index contributed by atoms with van der Waals surface area (Å²) in [6.45, 7) is 0. The minimum absolute atomic E-state index is 0.00130. The van der Waals surface area contributed by atoms with E-state index in [0.717, 1.165) is 5.82 Å². The normalized spacial score (nSPS) is 10.7. The fourth-order valence-electron chi connectivity index (χ4n) is 1.66. The number of carbonyl (C=O) groups is 1. The van der Waals surface area contributed by atoms with Crippen LogP contribution in [0.5, 0.6) is 0 Å². The third kappa shape index (κ3) is 2.20. The Morgan fingerprint density at radius 3 is 2.76 bits per heavy atom. The second-order valence-electron chi connectivity index (χ2n) is 3.94. The number of ketones is 1. The highest BCUT2D eigenvalue weighted by Gasteiger charge is 2.14. The number of aromatic nitrogens is 4. The molecule has 0 saturated carbocycles. The average molecular weight is 233 g/mol. The highest BCUT2D eigenvalue weighted by atomic mass is 16.1. The maximum absolute atomic E-state index is 11.9. The monoisotopic (exact) mass is 233 g/mol. The van der Waals surface area contributed by atoms with Crippen molar-refractivity contribution in [3.8, 4) is 0 Å². The SMILES string of the molecule is Cn1ccnc1CCC(=O)c1cnn(C)c1N. The van der Waals surface area contributed by atoms with E-state index in [4.69, 9.17) is 5.73 Å². The number of rotatable bonds is 4. The summed E-state index contributed by atoms with van der Waals surface area (Å²) in [5.74, 6) is 1.30. The van der Waals surface area contributed by atoms with Gasteiger partial charge >= 0.3 is 0 Å². The zero-order valence-corrected chi connectivity index (χ0v) is 9.92. The Hall–Kier alpha value is -2.11. The standard InChI is InChI=1S/C11H15N5O/c1-15-6-5-13-10(15)4-3-9(17)8-7-14-16(2)11(8)12/h5-7H,3-4,12H2,1-2H3. The molecule has 90 valence electrons. The number of hydrogen-bond acceptors (Lipinski definition) is 4. The summed E-state index contributed by atoms with van der Waals surface area (Å²) in [4.78, 5) is 16.1. The number of hydrogen-bond donors (Lipinski definition) is 1. The van der Waals surface area contributed by atoms with E-state index < -0.39 is 0 Å². The second kappa shape index (κ2) is 4.40. The molecule has 0 radical (unpaired) electrons. The van der Waals surface area contributed by atoms with Crippen LogP contribution in [-0.2, 0) is 20.5 Å². The van der Waals surface area contributed by atoms with Crippen LogP contribution in [0.3, 0.4) is 0 Å². The first kappa shape index (κ1) is 11.4. The van der Waals surface area contributed by atoms with Crippen LogP contribution < -0.4 is 5.73 Å². The summed E-state index contributed by atoms with van der Waals surface area (Å²) < 4.78 is 3.40. The van der Waals surface area contributed by atoms with Crippen molar-refractivity contribution in [3.63, 3.8) is 0 Å². The molecule has 0 aliphatic rings. The summed E-state index contributed by atoms with van der Waals surface area (Å²) >= 11 is 0. The second-order valence-corrected chi connectivity index (χ2v) is 3.94. The number of aryl methyl sites for hydroxylation is 3. The predicted octanol–water partition coefficient (Wildman–Crippen LogP) is 0.551. The highest BCUT2D eigenvalue weighted by molar-refractivity contribution is 5.99. The van der Waals surface area contributed by atoms with Gasteiger partial charge in [0, 0.05) is 39.3 Å². The first-order chi connectivity index (χ1) is 8.09. The van der Waals surface area contributed by atoms with E-state index in [0.29, 0.717) is 24.2 Å². The molecule has 0 aliphatic carbocycles. The largest absolute Gasteiger partial charge is 0.383 e. The molecule has 0 aliphatic heterocycles. The van der Waals surface area contributed by atoms with Gasteiger partial charge in [-0.15, -0.1) is 0 Å². The number of anilines is 1. The van der Waals surface area contributed by atoms with Gasteiger partial charge in [-0.2, -0.15) is 5.10 Å². The Morgan fingerprint density at radius 1 is 1.47 bits per heavy atom. The minimum atomic E-state index is -0.00130. The predicted molar refractivity (Wildman–Crippen MR) is 63.5 cm³/mol. The number of nitrogens with zero attached hydrogens (tertiary/aromatic N) is 4. The molecule has 0 bridgehead atoms. The van der Waals surface area contributed by atoms with E-state index in [1.165, 1.54) is 10.9 Å². The Morgan fingerprint density at radius 2 is 2.24 bits per heavy atom. The lowest BCUT2D eigenvalue weighted by molar-refractivity contribution is 0.0983. The van der Waals surface area contributed by atoms with Crippen molar-refractivity contribution in [3.05, 3.63) is 30.0 Å². The van der Waals surface area contributed by atoms with Crippen molar-refractivity contribution in [2.45, 2.75) is 12.8 Å². The van der Waals surface area contributed by atoms with Gasteiger partial charge in [0.05, 0.1) is 11.8 Å². The molecule has 2 N–H and O–H groups in total. The molecule has 0 unspecified atom stereocenters. The van der Waals surface area contributed by atoms with Crippen molar-refractivity contribution in [1.29, 1.82) is 0 Å². The molecule has 0 atom stereocenters. The smallest absolute Gasteiger partial charge is 0.168 e. The summed E-state index contributed by atoms with van der Waals surface area (Å²) in [5.41, 5.74) is 6.23. The molecular weight excluding hydrogens is 218 g/mol. The molecule has 2 rings (SSSR count). The molecule has 0 fully saturated rings. The van der Waals surface area contributed by atoms with Gasteiger partial charge in [-0.05, 0) is 0 Å². The topological polar surface area (TPSA) is 78.7 Å². The lowest BCUT2D eigenvalue weighted by atomic mass is 10.1. The van der Waals surface area contributed by atoms with Crippen molar-refractivity contribution in [1.82, 2.24) is 19.3 Å². The van der Waals surface area contributed by atoms with Crippen molar-refractivity contribution in [2.24, 2.45) is 14.1 Å². The summed E-state index contributed by atoms with van der Waals surface area (Å²) in [6.07, 6.45) is 6.09. The Kier molecular flexibility index (Phi) is 2.95. The fraction of sp³-hybridized carbons (Fsp3) is 0.364. The third-order valence-electron chi connectivity index (χ3n) is 2.78. The molecule has 0 aromatic carbocycles. The van der Waals surface area contributed by atoms with Crippen molar-refractivity contribution >= 4 is 11.6 Å². The number of nitrogens with two attached hydrogens (primary N) is 1. The van der Waals surface area contributed by atoms with Gasteiger partial charge in [0.1, 0.15) is 11.6 Å². The van der Waals surface area contributed by atoms with E-state index in [-0.39, 0.29) is 5.78 Å². The van der Waals surface area contributed by atoms with E-state index in [1.54, 1.807) is 13.2 Å². The number of imidazole rings is 1. The van der Waals surface area contributed by atoms with Crippen LogP contribution in [0.4, 0.5) is 5.82 Å². The van der Waals surface area contributed by atoms with Crippen molar-refractivity contribution < 1.29 is 4.79 Å². The molecule has 0 spiro atoms. The number of Topliss-reactive ketones (excluding diaryl/α,β-unsaturated/α-hetero) is 1. The van der Waals surface area contributed by atoms with Gasteiger partial charge in [0.15, 0.2) is 5.78 Å².